The summed E-state index contributed by atoms with van der Waals surface area (Å²) >= 11 is 0. The lowest BCUT2D eigenvalue weighted by Gasteiger charge is -2.22. The Labute approximate surface area is 166 Å². The number of anilines is 1. The Balaban J connectivity index is 2.13. The van der Waals surface area contributed by atoms with Crippen LogP contribution in [0.3, 0.4) is 0 Å². The zero-order chi connectivity index (χ0) is 20.6. The van der Waals surface area contributed by atoms with Gasteiger partial charge in [0.25, 0.3) is 5.91 Å². The minimum atomic E-state index is -3.58. The molecule has 28 heavy (non-hydrogen) atoms. The number of nitrogens with one attached hydrogen (secondary N) is 1. The van der Waals surface area contributed by atoms with Crippen LogP contribution in [0, 0.1) is 5.82 Å². The van der Waals surface area contributed by atoms with Gasteiger partial charge < -0.3 is 5.32 Å². The van der Waals surface area contributed by atoms with E-state index in [-0.39, 0.29) is 10.5 Å². The first-order valence-corrected chi connectivity index (χ1v) is 11.0. The van der Waals surface area contributed by atoms with Gasteiger partial charge in [0.15, 0.2) is 0 Å². The fourth-order valence-corrected chi connectivity index (χ4v) is 4.23. The molecule has 1 amide bonds. The summed E-state index contributed by atoms with van der Waals surface area (Å²) in [5, 5.41) is 2.65. The molecule has 0 unspecified atom stereocenters. The first kappa shape index (κ1) is 22.0. The van der Waals surface area contributed by atoms with E-state index >= 15 is 0 Å². The summed E-state index contributed by atoms with van der Waals surface area (Å²) in [6, 6.07) is 11.4. The summed E-state index contributed by atoms with van der Waals surface area (Å²) < 4.78 is 40.6. The summed E-state index contributed by atoms with van der Waals surface area (Å²) in [6.07, 6.45) is 3.46. The minimum Gasteiger partial charge on any atom is -0.322 e. The van der Waals surface area contributed by atoms with Crippen LogP contribution in [0.15, 0.2) is 53.4 Å². The highest BCUT2D eigenvalue weighted by Gasteiger charge is 2.23. The van der Waals surface area contributed by atoms with E-state index in [4.69, 9.17) is 0 Å². The SMILES string of the molecule is CCCCN(CCCC)S(=O)(=O)c1ccc(NC(=O)c2cccc(F)c2)cc1. The van der Waals surface area contributed by atoms with Crippen LogP contribution in [0.2, 0.25) is 0 Å². The molecule has 0 bridgehead atoms. The van der Waals surface area contributed by atoms with Crippen LogP contribution < -0.4 is 5.32 Å². The van der Waals surface area contributed by atoms with Crippen molar-refractivity contribution in [2.75, 3.05) is 18.4 Å². The molecule has 0 aliphatic carbocycles. The number of rotatable bonds is 10. The molecule has 0 saturated heterocycles. The van der Waals surface area contributed by atoms with Gasteiger partial charge in [0.1, 0.15) is 5.82 Å². The number of carbonyl (C=O) groups excluding carboxylic acids is 1. The Hall–Kier alpha value is -2.25. The van der Waals surface area contributed by atoms with E-state index in [1.165, 1.54) is 34.6 Å². The summed E-state index contributed by atoms with van der Waals surface area (Å²) in [7, 11) is -3.58. The van der Waals surface area contributed by atoms with Crippen molar-refractivity contribution >= 4 is 21.6 Å². The largest absolute Gasteiger partial charge is 0.322 e. The third-order valence-corrected chi connectivity index (χ3v) is 6.27. The fourth-order valence-electron chi connectivity index (χ4n) is 2.71. The van der Waals surface area contributed by atoms with Crippen molar-refractivity contribution in [3.05, 3.63) is 59.9 Å². The zero-order valence-corrected chi connectivity index (χ0v) is 17.1. The normalized spacial score (nSPS) is 11.6. The van der Waals surface area contributed by atoms with Gasteiger partial charge in [-0.1, -0.05) is 32.8 Å². The summed E-state index contributed by atoms with van der Waals surface area (Å²) in [5.74, 6) is -0.948. The quantitative estimate of drug-likeness (QED) is 0.624. The molecule has 0 spiro atoms. The second-order valence-corrected chi connectivity index (χ2v) is 8.54. The number of hydrogen-bond acceptors (Lipinski definition) is 3. The van der Waals surface area contributed by atoms with Gasteiger partial charge in [0.05, 0.1) is 4.90 Å². The number of nitrogens with zero attached hydrogens (tertiary/aromatic N) is 1. The van der Waals surface area contributed by atoms with Gasteiger partial charge in [-0.3, -0.25) is 4.79 Å². The van der Waals surface area contributed by atoms with E-state index in [0.717, 1.165) is 31.7 Å². The topological polar surface area (TPSA) is 66.5 Å². The molecular formula is C21H27FN2O3S. The number of hydrogen-bond donors (Lipinski definition) is 1. The van der Waals surface area contributed by atoms with Gasteiger partial charge in [-0.15, -0.1) is 0 Å². The molecular weight excluding hydrogens is 379 g/mol. The standard InChI is InChI=1S/C21H27FN2O3S/c1-3-5-14-24(15-6-4-2)28(26,27)20-12-10-19(11-13-20)23-21(25)17-8-7-9-18(22)16-17/h7-13,16H,3-6,14-15H2,1-2H3,(H,23,25). The molecule has 2 aromatic rings. The molecule has 1 N–H and O–H groups in total. The Bertz CT molecular complexity index is 875. The predicted molar refractivity (Wildman–Crippen MR) is 109 cm³/mol. The average molecular weight is 407 g/mol. The van der Waals surface area contributed by atoms with Gasteiger partial charge in [0, 0.05) is 24.3 Å². The molecule has 0 aliphatic rings. The van der Waals surface area contributed by atoms with E-state index < -0.39 is 21.7 Å². The van der Waals surface area contributed by atoms with Crippen LogP contribution in [-0.4, -0.2) is 31.7 Å². The lowest BCUT2D eigenvalue weighted by Crippen LogP contribution is -2.33. The molecule has 0 atom stereocenters. The Kier molecular flexibility index (Phi) is 8.14. The lowest BCUT2D eigenvalue weighted by atomic mass is 10.2. The molecule has 0 aromatic heterocycles. The summed E-state index contributed by atoms with van der Waals surface area (Å²) in [4.78, 5) is 12.4. The maximum atomic E-state index is 13.3. The van der Waals surface area contributed by atoms with Crippen LogP contribution in [-0.2, 0) is 10.0 Å². The number of unbranched alkanes of at least 4 members (excludes halogenated alkanes) is 2. The van der Waals surface area contributed by atoms with Crippen molar-refractivity contribution < 1.29 is 17.6 Å². The van der Waals surface area contributed by atoms with Gasteiger partial charge in [-0.05, 0) is 55.3 Å². The van der Waals surface area contributed by atoms with Gasteiger partial charge in [0.2, 0.25) is 10.0 Å². The maximum absolute atomic E-state index is 13.3. The van der Waals surface area contributed by atoms with Crippen LogP contribution in [0.1, 0.15) is 49.9 Å². The molecule has 0 saturated carbocycles. The number of amides is 1. The Morgan fingerprint density at radius 1 is 1.00 bits per heavy atom. The minimum absolute atomic E-state index is 0.196. The van der Waals surface area contributed by atoms with E-state index in [1.54, 1.807) is 12.1 Å². The fraction of sp³-hybridized carbons (Fsp3) is 0.381. The molecule has 0 heterocycles. The van der Waals surface area contributed by atoms with Crippen LogP contribution in [0.25, 0.3) is 0 Å². The Morgan fingerprint density at radius 2 is 1.61 bits per heavy atom. The van der Waals surface area contributed by atoms with E-state index in [1.807, 2.05) is 13.8 Å². The van der Waals surface area contributed by atoms with Gasteiger partial charge >= 0.3 is 0 Å². The molecule has 2 aromatic carbocycles. The molecule has 0 aliphatic heterocycles. The molecule has 0 radical (unpaired) electrons. The van der Waals surface area contributed by atoms with Crippen LogP contribution >= 0.6 is 0 Å². The first-order chi connectivity index (χ1) is 13.4. The molecule has 2 rings (SSSR count). The van der Waals surface area contributed by atoms with Crippen molar-refractivity contribution in [3.8, 4) is 0 Å². The van der Waals surface area contributed by atoms with Crippen molar-refractivity contribution in [1.29, 1.82) is 0 Å². The summed E-state index contributed by atoms with van der Waals surface area (Å²) in [6.45, 7) is 5.05. The van der Waals surface area contributed by atoms with Crippen molar-refractivity contribution in [2.45, 2.75) is 44.4 Å². The molecule has 5 nitrogen and oxygen atoms in total. The number of halogens is 1. The van der Waals surface area contributed by atoms with Crippen LogP contribution in [0.4, 0.5) is 10.1 Å². The van der Waals surface area contributed by atoms with E-state index in [0.29, 0.717) is 18.8 Å². The highest BCUT2D eigenvalue weighted by Crippen LogP contribution is 2.20. The number of carbonyl (C=O) groups is 1. The third-order valence-electron chi connectivity index (χ3n) is 4.36. The smallest absolute Gasteiger partial charge is 0.255 e. The second-order valence-electron chi connectivity index (χ2n) is 6.60. The highest BCUT2D eigenvalue weighted by atomic mass is 32.2. The second kappa shape index (κ2) is 10.3. The van der Waals surface area contributed by atoms with E-state index in [9.17, 15) is 17.6 Å². The van der Waals surface area contributed by atoms with E-state index in [2.05, 4.69) is 5.32 Å². The predicted octanol–water partition coefficient (Wildman–Crippen LogP) is 4.67. The highest BCUT2D eigenvalue weighted by molar-refractivity contribution is 7.89. The molecule has 7 heteroatoms. The zero-order valence-electron chi connectivity index (χ0n) is 16.3. The molecule has 0 fully saturated rings. The first-order valence-electron chi connectivity index (χ1n) is 9.55. The van der Waals surface area contributed by atoms with Gasteiger partial charge in [-0.25, -0.2) is 12.8 Å². The van der Waals surface area contributed by atoms with Crippen molar-refractivity contribution in [3.63, 3.8) is 0 Å². The van der Waals surface area contributed by atoms with Crippen LogP contribution in [0.5, 0.6) is 0 Å². The maximum Gasteiger partial charge on any atom is 0.255 e. The van der Waals surface area contributed by atoms with Crippen molar-refractivity contribution in [2.24, 2.45) is 0 Å². The number of sulfonamides is 1. The Morgan fingerprint density at radius 3 is 2.14 bits per heavy atom. The monoisotopic (exact) mass is 406 g/mol. The van der Waals surface area contributed by atoms with Crippen molar-refractivity contribution in [1.82, 2.24) is 4.31 Å². The molecule has 152 valence electrons. The lowest BCUT2D eigenvalue weighted by molar-refractivity contribution is 0.102. The summed E-state index contributed by atoms with van der Waals surface area (Å²) in [5.41, 5.74) is 0.642. The number of benzene rings is 2. The average Bonchev–Trinajstić information content (AvgIpc) is 2.68. The third kappa shape index (κ3) is 5.87. The van der Waals surface area contributed by atoms with Gasteiger partial charge in [-0.2, -0.15) is 4.31 Å².